The Balaban J connectivity index is 2.49. The average Bonchev–Trinajstić information content (AvgIpc) is 2.47. The fourth-order valence-electron chi connectivity index (χ4n) is 1.66. The van der Waals surface area contributed by atoms with Crippen LogP contribution in [-0.2, 0) is 4.79 Å². The molecule has 0 aromatic heterocycles. The van der Waals surface area contributed by atoms with Crippen molar-refractivity contribution in [2.24, 2.45) is 11.8 Å². The number of amides is 1. The second-order valence-corrected chi connectivity index (χ2v) is 3.55. The Kier molecular flexibility index (Phi) is 3.26. The van der Waals surface area contributed by atoms with Crippen LogP contribution in [0.3, 0.4) is 0 Å². The normalized spacial score (nSPS) is 27.3. The molecule has 1 aliphatic rings. The predicted octanol–water partition coefficient (Wildman–Crippen LogP) is -0.0131. The van der Waals surface area contributed by atoms with Gasteiger partial charge in [-0.2, -0.15) is 5.26 Å². The van der Waals surface area contributed by atoms with Crippen LogP contribution in [-0.4, -0.2) is 35.6 Å². The standard InChI is InChI=1S/C9H14N2O2/c1-7-4-11(5-8(7)6-12)9(13)2-3-10/h7-8,12H,2,4-6H2,1H3/t7-,8-/m1/s1. The SMILES string of the molecule is C[C@@H]1CN(C(=O)CC#N)C[C@@H]1CO. The fourth-order valence-corrected chi connectivity index (χ4v) is 1.66. The van der Waals surface area contributed by atoms with E-state index in [9.17, 15) is 4.79 Å². The molecule has 0 unspecified atom stereocenters. The molecule has 1 N–H and O–H groups in total. The Bertz CT molecular complexity index is 234. The minimum absolute atomic E-state index is 0.0507. The lowest BCUT2D eigenvalue weighted by molar-refractivity contribution is -0.129. The number of carbonyl (C=O) groups excluding carboxylic acids is 1. The van der Waals surface area contributed by atoms with Crippen LogP contribution in [0.2, 0.25) is 0 Å². The zero-order valence-corrected chi connectivity index (χ0v) is 7.73. The molecule has 72 valence electrons. The molecule has 1 heterocycles. The van der Waals surface area contributed by atoms with Crippen LogP contribution in [0.5, 0.6) is 0 Å². The van der Waals surface area contributed by atoms with Crippen molar-refractivity contribution in [3.05, 3.63) is 0 Å². The molecule has 0 aromatic rings. The van der Waals surface area contributed by atoms with E-state index in [0.717, 1.165) is 0 Å². The highest BCUT2D eigenvalue weighted by molar-refractivity contribution is 5.78. The molecule has 4 heteroatoms. The van der Waals surface area contributed by atoms with Gasteiger partial charge in [0.1, 0.15) is 6.42 Å². The highest BCUT2D eigenvalue weighted by Gasteiger charge is 2.31. The molecule has 1 fully saturated rings. The summed E-state index contributed by atoms with van der Waals surface area (Å²) >= 11 is 0. The van der Waals surface area contributed by atoms with Gasteiger partial charge in [0.05, 0.1) is 6.07 Å². The van der Waals surface area contributed by atoms with Gasteiger partial charge in [-0.3, -0.25) is 4.79 Å². The van der Waals surface area contributed by atoms with Crippen LogP contribution in [0.1, 0.15) is 13.3 Å². The Hall–Kier alpha value is -1.08. The largest absolute Gasteiger partial charge is 0.396 e. The van der Waals surface area contributed by atoms with Crippen LogP contribution in [0.25, 0.3) is 0 Å². The van der Waals surface area contributed by atoms with Crippen LogP contribution in [0, 0.1) is 23.2 Å². The number of hydrogen-bond donors (Lipinski definition) is 1. The summed E-state index contributed by atoms with van der Waals surface area (Å²) in [5, 5.41) is 17.3. The molecule has 13 heavy (non-hydrogen) atoms. The highest BCUT2D eigenvalue weighted by Crippen LogP contribution is 2.22. The smallest absolute Gasteiger partial charge is 0.236 e. The summed E-state index contributed by atoms with van der Waals surface area (Å²) in [6.07, 6.45) is -0.0507. The number of hydrogen-bond acceptors (Lipinski definition) is 3. The summed E-state index contributed by atoms with van der Waals surface area (Å²) in [4.78, 5) is 12.9. The second kappa shape index (κ2) is 4.24. The summed E-state index contributed by atoms with van der Waals surface area (Å²) in [6.45, 7) is 3.40. The first-order chi connectivity index (χ1) is 6.19. The van der Waals surface area contributed by atoms with Crippen LogP contribution in [0.15, 0.2) is 0 Å². The van der Waals surface area contributed by atoms with Crippen molar-refractivity contribution >= 4 is 5.91 Å². The summed E-state index contributed by atoms with van der Waals surface area (Å²) in [5.74, 6) is 0.403. The topological polar surface area (TPSA) is 64.3 Å². The molecule has 0 spiro atoms. The van der Waals surface area contributed by atoms with E-state index >= 15 is 0 Å². The van der Waals surface area contributed by atoms with E-state index in [-0.39, 0.29) is 24.9 Å². The van der Waals surface area contributed by atoms with Gasteiger partial charge < -0.3 is 10.0 Å². The monoisotopic (exact) mass is 182 g/mol. The Morgan fingerprint density at radius 3 is 2.85 bits per heavy atom. The first-order valence-electron chi connectivity index (χ1n) is 4.44. The maximum Gasteiger partial charge on any atom is 0.236 e. The van der Waals surface area contributed by atoms with Crippen molar-refractivity contribution in [2.75, 3.05) is 19.7 Å². The third kappa shape index (κ3) is 2.19. The Morgan fingerprint density at radius 1 is 1.69 bits per heavy atom. The lowest BCUT2D eigenvalue weighted by Crippen LogP contribution is -2.28. The molecular weight excluding hydrogens is 168 g/mol. The molecule has 1 rings (SSSR count). The van der Waals surface area contributed by atoms with E-state index in [1.165, 1.54) is 0 Å². The maximum absolute atomic E-state index is 11.3. The number of aliphatic hydroxyl groups is 1. The zero-order valence-electron chi connectivity index (χ0n) is 7.73. The van der Waals surface area contributed by atoms with Crippen molar-refractivity contribution < 1.29 is 9.90 Å². The minimum atomic E-state index is -0.120. The molecule has 2 atom stereocenters. The van der Waals surface area contributed by atoms with E-state index in [4.69, 9.17) is 10.4 Å². The first kappa shape index (κ1) is 10.0. The van der Waals surface area contributed by atoms with Crippen molar-refractivity contribution in [3.63, 3.8) is 0 Å². The molecule has 1 aliphatic heterocycles. The fraction of sp³-hybridized carbons (Fsp3) is 0.778. The van der Waals surface area contributed by atoms with Crippen molar-refractivity contribution in [3.8, 4) is 6.07 Å². The van der Waals surface area contributed by atoms with Gasteiger partial charge in [0.25, 0.3) is 0 Å². The lowest BCUT2D eigenvalue weighted by Gasteiger charge is -2.13. The molecule has 4 nitrogen and oxygen atoms in total. The molecule has 1 amide bonds. The van der Waals surface area contributed by atoms with E-state index < -0.39 is 0 Å². The van der Waals surface area contributed by atoms with Crippen molar-refractivity contribution in [1.29, 1.82) is 5.26 Å². The molecule has 0 saturated carbocycles. The van der Waals surface area contributed by atoms with E-state index in [2.05, 4.69) is 0 Å². The summed E-state index contributed by atoms with van der Waals surface area (Å²) in [7, 11) is 0. The number of likely N-dealkylation sites (tertiary alicyclic amines) is 1. The van der Waals surface area contributed by atoms with Gasteiger partial charge in [0.15, 0.2) is 0 Å². The average molecular weight is 182 g/mol. The molecule has 0 aromatic carbocycles. The number of nitrogens with zero attached hydrogens (tertiary/aromatic N) is 2. The predicted molar refractivity (Wildman–Crippen MR) is 46.5 cm³/mol. The van der Waals surface area contributed by atoms with Crippen molar-refractivity contribution in [1.82, 2.24) is 4.90 Å². The number of rotatable bonds is 2. The van der Waals surface area contributed by atoms with Crippen LogP contribution in [0.4, 0.5) is 0 Å². The number of carbonyl (C=O) groups is 1. The molecule has 0 aliphatic carbocycles. The maximum atomic E-state index is 11.3. The lowest BCUT2D eigenvalue weighted by atomic mass is 10.00. The van der Waals surface area contributed by atoms with Crippen molar-refractivity contribution in [2.45, 2.75) is 13.3 Å². The molecule has 1 saturated heterocycles. The van der Waals surface area contributed by atoms with Gasteiger partial charge in [-0.25, -0.2) is 0 Å². The van der Waals surface area contributed by atoms with E-state index in [0.29, 0.717) is 19.0 Å². The van der Waals surface area contributed by atoms with Gasteiger partial charge in [-0.15, -0.1) is 0 Å². The summed E-state index contributed by atoms with van der Waals surface area (Å²) in [5.41, 5.74) is 0. The van der Waals surface area contributed by atoms with E-state index in [1.807, 2.05) is 13.0 Å². The zero-order chi connectivity index (χ0) is 9.84. The van der Waals surface area contributed by atoms with Gasteiger partial charge in [-0.1, -0.05) is 6.92 Å². The Labute approximate surface area is 77.8 Å². The minimum Gasteiger partial charge on any atom is -0.396 e. The molecular formula is C9H14N2O2. The summed E-state index contributed by atoms with van der Waals surface area (Å²) in [6, 6.07) is 1.84. The molecule has 0 bridgehead atoms. The highest BCUT2D eigenvalue weighted by atomic mass is 16.3. The van der Waals surface area contributed by atoms with Gasteiger partial charge in [-0.05, 0) is 5.92 Å². The molecule has 0 radical (unpaired) electrons. The summed E-state index contributed by atoms with van der Waals surface area (Å²) < 4.78 is 0. The van der Waals surface area contributed by atoms with Crippen LogP contribution < -0.4 is 0 Å². The van der Waals surface area contributed by atoms with Crippen LogP contribution >= 0.6 is 0 Å². The number of aliphatic hydroxyl groups excluding tert-OH is 1. The van der Waals surface area contributed by atoms with Gasteiger partial charge in [0.2, 0.25) is 5.91 Å². The number of nitriles is 1. The quantitative estimate of drug-likeness (QED) is 0.653. The Morgan fingerprint density at radius 2 is 2.38 bits per heavy atom. The first-order valence-corrected chi connectivity index (χ1v) is 4.44. The third-order valence-corrected chi connectivity index (χ3v) is 2.59. The second-order valence-electron chi connectivity index (χ2n) is 3.55. The third-order valence-electron chi connectivity index (χ3n) is 2.59. The van der Waals surface area contributed by atoms with Gasteiger partial charge >= 0.3 is 0 Å². The van der Waals surface area contributed by atoms with E-state index in [1.54, 1.807) is 4.90 Å². The van der Waals surface area contributed by atoms with Gasteiger partial charge in [0, 0.05) is 25.6 Å².